The number of methoxy groups -OCH3 is 1. The van der Waals surface area contributed by atoms with Gasteiger partial charge in [0.05, 0.1) is 25.0 Å². The molecule has 0 amide bonds. The molecular weight excluding hydrogens is 462 g/mol. The first-order valence-electron chi connectivity index (χ1n) is 12.3. The number of ether oxygens (including phenoxy) is 5. The molecule has 0 N–H and O–H groups in total. The van der Waals surface area contributed by atoms with Crippen molar-refractivity contribution >= 4 is 19.1 Å². The van der Waals surface area contributed by atoms with Crippen LogP contribution in [0, 0.1) is 0 Å². The zero-order valence-electron chi connectivity index (χ0n) is 21.3. The molecule has 3 aromatic rings. The van der Waals surface area contributed by atoms with E-state index in [0.29, 0.717) is 25.7 Å². The number of hydrogen-bond donors (Lipinski definition) is 0. The molecule has 1 aliphatic rings. The van der Waals surface area contributed by atoms with Crippen LogP contribution in [0.5, 0.6) is 5.75 Å². The van der Waals surface area contributed by atoms with E-state index in [9.17, 15) is 0 Å². The standard InChI is InChI=1S/C26H37N3O5Si/c1-30-19-34-25-8-6-5-7-22(25)24-15-23-20(9-12-33-21-10-11-31-17-21)16-29(26(23)28-27-24)18-32-13-14-35(2,3)4/h5-8,15-16,21H,9-14,17-19H2,1-4H3. The largest absolute Gasteiger partial charge is 0.467 e. The van der Waals surface area contributed by atoms with Crippen molar-refractivity contribution in [2.45, 2.75) is 51.4 Å². The van der Waals surface area contributed by atoms with Gasteiger partial charge in [0.1, 0.15) is 12.5 Å². The lowest BCUT2D eigenvalue weighted by molar-refractivity contribution is 0.0446. The summed E-state index contributed by atoms with van der Waals surface area (Å²) < 4.78 is 30.4. The van der Waals surface area contributed by atoms with E-state index in [-0.39, 0.29) is 12.9 Å². The average Bonchev–Trinajstić information content (AvgIpc) is 3.48. The van der Waals surface area contributed by atoms with E-state index < -0.39 is 8.07 Å². The summed E-state index contributed by atoms with van der Waals surface area (Å²) in [6, 6.07) is 11.0. The molecule has 35 heavy (non-hydrogen) atoms. The quantitative estimate of drug-likeness (QED) is 0.191. The molecule has 1 atom stereocenters. The molecule has 0 saturated carbocycles. The molecule has 1 aromatic carbocycles. The highest BCUT2D eigenvalue weighted by Gasteiger charge is 2.18. The van der Waals surface area contributed by atoms with Gasteiger partial charge in [0.2, 0.25) is 0 Å². The van der Waals surface area contributed by atoms with Crippen molar-refractivity contribution in [2.75, 3.05) is 40.3 Å². The van der Waals surface area contributed by atoms with Gasteiger partial charge in [-0.2, -0.15) is 0 Å². The van der Waals surface area contributed by atoms with Gasteiger partial charge in [0, 0.05) is 45.5 Å². The smallest absolute Gasteiger partial charge is 0.188 e. The predicted octanol–water partition coefficient (Wildman–Crippen LogP) is 4.74. The van der Waals surface area contributed by atoms with E-state index in [1.165, 1.54) is 5.56 Å². The van der Waals surface area contributed by atoms with Crippen molar-refractivity contribution in [3.63, 3.8) is 0 Å². The fourth-order valence-corrected chi connectivity index (χ4v) is 4.79. The monoisotopic (exact) mass is 499 g/mol. The number of fused-ring (bicyclic) bond motifs is 1. The van der Waals surface area contributed by atoms with Crippen molar-refractivity contribution in [3.05, 3.63) is 42.1 Å². The maximum atomic E-state index is 6.05. The van der Waals surface area contributed by atoms with Crippen molar-refractivity contribution in [1.82, 2.24) is 14.8 Å². The molecule has 0 bridgehead atoms. The molecule has 4 rings (SSSR count). The van der Waals surface area contributed by atoms with Crippen LogP contribution in [0.2, 0.25) is 25.7 Å². The lowest BCUT2D eigenvalue weighted by atomic mass is 10.1. The van der Waals surface area contributed by atoms with Crippen molar-refractivity contribution < 1.29 is 23.7 Å². The highest BCUT2D eigenvalue weighted by atomic mass is 28.3. The maximum Gasteiger partial charge on any atom is 0.188 e. The third-order valence-corrected chi connectivity index (χ3v) is 7.74. The van der Waals surface area contributed by atoms with E-state index in [1.54, 1.807) is 7.11 Å². The molecule has 0 aliphatic carbocycles. The number of para-hydroxylation sites is 1. The van der Waals surface area contributed by atoms with E-state index >= 15 is 0 Å². The SMILES string of the molecule is COCOc1ccccc1-c1cc2c(CCOC3CCOC3)cn(COCC[Si](C)(C)C)c2nn1. The summed E-state index contributed by atoms with van der Waals surface area (Å²) in [5.74, 6) is 0.711. The third kappa shape index (κ3) is 7.11. The summed E-state index contributed by atoms with van der Waals surface area (Å²) in [5, 5.41) is 10.2. The van der Waals surface area contributed by atoms with Crippen molar-refractivity contribution in [2.24, 2.45) is 0 Å². The fraction of sp³-hybridized carbons (Fsp3) is 0.538. The van der Waals surface area contributed by atoms with Crippen LogP contribution in [0.1, 0.15) is 12.0 Å². The first kappa shape index (κ1) is 25.8. The Hall–Kier alpha value is -2.30. The number of hydrogen-bond acceptors (Lipinski definition) is 7. The molecule has 1 unspecified atom stereocenters. The van der Waals surface area contributed by atoms with Crippen molar-refractivity contribution in [1.29, 1.82) is 0 Å². The number of rotatable bonds is 13. The van der Waals surface area contributed by atoms with Crippen LogP contribution >= 0.6 is 0 Å². The topological polar surface area (TPSA) is 76.9 Å². The second-order valence-corrected chi connectivity index (χ2v) is 15.7. The molecule has 0 spiro atoms. The van der Waals surface area contributed by atoms with Crippen LogP contribution in [0.4, 0.5) is 0 Å². The van der Waals surface area contributed by atoms with Crippen LogP contribution in [0.25, 0.3) is 22.3 Å². The summed E-state index contributed by atoms with van der Waals surface area (Å²) in [7, 11) is 0.462. The number of aromatic nitrogens is 3. The summed E-state index contributed by atoms with van der Waals surface area (Å²) in [5.41, 5.74) is 3.62. The Bertz CT molecular complexity index is 1090. The van der Waals surface area contributed by atoms with Gasteiger partial charge < -0.3 is 28.3 Å². The van der Waals surface area contributed by atoms with Crippen LogP contribution in [0.15, 0.2) is 36.5 Å². The molecule has 9 heteroatoms. The minimum atomic E-state index is -1.14. The summed E-state index contributed by atoms with van der Waals surface area (Å²) >= 11 is 0. The van der Waals surface area contributed by atoms with Gasteiger partial charge in [-0.15, -0.1) is 10.2 Å². The molecule has 1 saturated heterocycles. The predicted molar refractivity (Wildman–Crippen MR) is 138 cm³/mol. The summed E-state index contributed by atoms with van der Waals surface area (Å²) in [6.45, 7) is 10.6. The Balaban J connectivity index is 1.58. The minimum absolute atomic E-state index is 0.172. The number of nitrogens with zero attached hydrogens (tertiary/aromatic N) is 3. The molecule has 8 nitrogen and oxygen atoms in total. The zero-order valence-corrected chi connectivity index (χ0v) is 22.3. The van der Waals surface area contributed by atoms with Gasteiger partial charge in [0.15, 0.2) is 12.4 Å². The maximum absolute atomic E-state index is 6.05. The van der Waals surface area contributed by atoms with Crippen molar-refractivity contribution in [3.8, 4) is 17.0 Å². The molecule has 1 aliphatic heterocycles. The Morgan fingerprint density at radius 3 is 2.77 bits per heavy atom. The minimum Gasteiger partial charge on any atom is -0.467 e. The highest BCUT2D eigenvalue weighted by molar-refractivity contribution is 6.76. The van der Waals surface area contributed by atoms with Gasteiger partial charge in [-0.05, 0) is 42.6 Å². The number of benzene rings is 1. The Morgan fingerprint density at radius 2 is 2.00 bits per heavy atom. The summed E-state index contributed by atoms with van der Waals surface area (Å²) in [4.78, 5) is 0. The summed E-state index contributed by atoms with van der Waals surface area (Å²) in [6.07, 6.45) is 4.05. The molecule has 0 radical (unpaired) electrons. The molecule has 1 fully saturated rings. The Kier molecular flexibility index (Phi) is 8.91. The molecule has 190 valence electrons. The Labute approximate surface area is 208 Å². The zero-order chi connectivity index (χ0) is 24.7. The first-order chi connectivity index (χ1) is 16.9. The van der Waals surface area contributed by atoms with Crippen LogP contribution in [-0.2, 0) is 32.1 Å². The van der Waals surface area contributed by atoms with Gasteiger partial charge >= 0.3 is 0 Å². The molecule has 2 aromatic heterocycles. The van der Waals surface area contributed by atoms with E-state index in [2.05, 4.69) is 46.7 Å². The van der Waals surface area contributed by atoms with Crippen LogP contribution in [0.3, 0.4) is 0 Å². The molecule has 3 heterocycles. The highest BCUT2D eigenvalue weighted by Crippen LogP contribution is 2.31. The second-order valence-electron chi connectivity index (χ2n) is 10.1. The van der Waals surface area contributed by atoms with Gasteiger partial charge in [0.25, 0.3) is 0 Å². The van der Waals surface area contributed by atoms with Gasteiger partial charge in [-0.3, -0.25) is 0 Å². The second kappa shape index (κ2) is 12.1. The van der Waals surface area contributed by atoms with Crippen LogP contribution < -0.4 is 4.74 Å². The third-order valence-electron chi connectivity index (χ3n) is 6.04. The fourth-order valence-electron chi connectivity index (χ4n) is 4.03. The molecular formula is C26H37N3O5Si. The van der Waals surface area contributed by atoms with Gasteiger partial charge in [-0.1, -0.05) is 31.8 Å². The van der Waals surface area contributed by atoms with E-state index in [0.717, 1.165) is 54.4 Å². The first-order valence-corrected chi connectivity index (χ1v) is 16.0. The normalized spacial score (nSPS) is 16.3. The Morgan fingerprint density at radius 1 is 1.14 bits per heavy atom. The lowest BCUT2D eigenvalue weighted by Gasteiger charge is -2.15. The van der Waals surface area contributed by atoms with E-state index in [1.807, 2.05) is 24.3 Å². The lowest BCUT2D eigenvalue weighted by Crippen LogP contribution is -2.22. The van der Waals surface area contributed by atoms with E-state index in [4.69, 9.17) is 23.7 Å². The average molecular weight is 500 g/mol. The van der Waals surface area contributed by atoms with Crippen LogP contribution in [-0.4, -0.2) is 69.3 Å². The van der Waals surface area contributed by atoms with Gasteiger partial charge in [-0.25, -0.2) is 0 Å².